The molecule has 0 saturated carbocycles. The zero-order valence-corrected chi connectivity index (χ0v) is 12.5. The maximum Gasteiger partial charge on any atom is 0.255 e. The van der Waals surface area contributed by atoms with Gasteiger partial charge in [0.2, 0.25) is 5.91 Å². The van der Waals surface area contributed by atoms with E-state index in [1.54, 1.807) is 6.26 Å². The molecule has 22 heavy (non-hydrogen) atoms. The van der Waals surface area contributed by atoms with E-state index in [2.05, 4.69) is 20.5 Å². The van der Waals surface area contributed by atoms with Crippen LogP contribution in [0.1, 0.15) is 29.4 Å². The van der Waals surface area contributed by atoms with Crippen molar-refractivity contribution >= 4 is 11.7 Å². The van der Waals surface area contributed by atoms with Gasteiger partial charge in [-0.3, -0.25) is 9.20 Å². The summed E-state index contributed by atoms with van der Waals surface area (Å²) in [4.78, 5) is 16.2. The van der Waals surface area contributed by atoms with E-state index in [4.69, 9.17) is 4.42 Å². The highest BCUT2D eigenvalue weighted by Crippen LogP contribution is 2.08. The largest absolute Gasteiger partial charge is 0.469 e. The first kappa shape index (κ1) is 14.2. The van der Waals surface area contributed by atoms with E-state index in [1.165, 1.54) is 0 Å². The third-order valence-electron chi connectivity index (χ3n) is 3.38. The Morgan fingerprint density at radius 3 is 3.00 bits per heavy atom. The fraction of sp³-hybridized carbons (Fsp3) is 0.333. The van der Waals surface area contributed by atoms with Gasteiger partial charge in [-0.25, -0.2) is 4.98 Å². The van der Waals surface area contributed by atoms with Gasteiger partial charge in [-0.1, -0.05) is 0 Å². The van der Waals surface area contributed by atoms with Gasteiger partial charge in [0.15, 0.2) is 5.82 Å². The summed E-state index contributed by atoms with van der Waals surface area (Å²) in [5, 5.41) is 11.0. The van der Waals surface area contributed by atoms with E-state index in [9.17, 15) is 4.79 Å². The Morgan fingerprint density at radius 2 is 2.23 bits per heavy atom. The molecule has 0 spiro atoms. The maximum atomic E-state index is 11.9. The number of nitrogens with one attached hydrogen (secondary N) is 1. The molecule has 114 valence electrons. The maximum absolute atomic E-state index is 11.9. The SMILES string of the molecule is Cc1cc(C)n2c(CNC(=O)CCc3ccco3)nnc2n1. The standard InChI is InChI=1S/C15H17N5O2/c1-10-8-11(2)20-13(18-19-15(20)17-10)9-16-14(21)6-5-12-4-3-7-22-12/h3-4,7-8H,5-6,9H2,1-2H3,(H,16,21). The summed E-state index contributed by atoms with van der Waals surface area (Å²) in [6.45, 7) is 4.20. The molecule has 0 aromatic carbocycles. The zero-order chi connectivity index (χ0) is 15.5. The van der Waals surface area contributed by atoms with Crippen LogP contribution in [0.15, 0.2) is 28.9 Å². The number of fused-ring (bicyclic) bond motifs is 1. The summed E-state index contributed by atoms with van der Waals surface area (Å²) in [5.74, 6) is 1.98. The van der Waals surface area contributed by atoms with Crippen LogP contribution in [0.2, 0.25) is 0 Å². The van der Waals surface area contributed by atoms with Crippen molar-refractivity contribution in [2.24, 2.45) is 0 Å². The van der Waals surface area contributed by atoms with Crippen LogP contribution in [0.5, 0.6) is 0 Å². The summed E-state index contributed by atoms with van der Waals surface area (Å²) >= 11 is 0. The second-order valence-electron chi connectivity index (χ2n) is 5.15. The van der Waals surface area contributed by atoms with E-state index < -0.39 is 0 Å². The first-order valence-corrected chi connectivity index (χ1v) is 7.11. The minimum Gasteiger partial charge on any atom is -0.469 e. The van der Waals surface area contributed by atoms with Gasteiger partial charge in [-0.05, 0) is 32.0 Å². The summed E-state index contributed by atoms with van der Waals surface area (Å²) in [6, 6.07) is 5.63. The van der Waals surface area contributed by atoms with Crippen LogP contribution in [0.4, 0.5) is 0 Å². The normalized spacial score (nSPS) is 11.0. The predicted molar refractivity (Wildman–Crippen MR) is 79.1 cm³/mol. The summed E-state index contributed by atoms with van der Waals surface area (Å²) in [6.07, 6.45) is 2.56. The lowest BCUT2D eigenvalue weighted by atomic mass is 10.2. The van der Waals surface area contributed by atoms with E-state index in [0.29, 0.717) is 31.0 Å². The van der Waals surface area contributed by atoms with Gasteiger partial charge in [-0.2, -0.15) is 0 Å². The molecule has 0 fully saturated rings. The molecule has 1 amide bonds. The molecule has 0 atom stereocenters. The lowest BCUT2D eigenvalue weighted by Crippen LogP contribution is -2.24. The molecule has 7 heteroatoms. The van der Waals surface area contributed by atoms with E-state index >= 15 is 0 Å². The smallest absolute Gasteiger partial charge is 0.255 e. The van der Waals surface area contributed by atoms with Crippen molar-refractivity contribution in [3.05, 3.63) is 47.4 Å². The van der Waals surface area contributed by atoms with Gasteiger partial charge >= 0.3 is 0 Å². The molecule has 0 aliphatic heterocycles. The fourth-order valence-corrected chi connectivity index (χ4v) is 2.37. The van der Waals surface area contributed by atoms with Crippen LogP contribution in [0.25, 0.3) is 5.78 Å². The number of carbonyl (C=O) groups is 1. The number of hydrogen-bond donors (Lipinski definition) is 1. The van der Waals surface area contributed by atoms with Crippen molar-refractivity contribution in [3.63, 3.8) is 0 Å². The monoisotopic (exact) mass is 299 g/mol. The van der Waals surface area contributed by atoms with Gasteiger partial charge in [0.05, 0.1) is 12.8 Å². The minimum atomic E-state index is -0.0501. The summed E-state index contributed by atoms with van der Waals surface area (Å²) in [5.41, 5.74) is 1.89. The molecule has 1 N–H and O–H groups in total. The van der Waals surface area contributed by atoms with Crippen molar-refractivity contribution in [2.75, 3.05) is 0 Å². The molecular formula is C15H17N5O2. The third-order valence-corrected chi connectivity index (χ3v) is 3.38. The molecular weight excluding hydrogens is 282 g/mol. The molecule has 0 bridgehead atoms. The number of amides is 1. The molecule has 0 saturated heterocycles. The Hall–Kier alpha value is -2.70. The Labute approximate surface area is 127 Å². The number of nitrogens with zero attached hydrogens (tertiary/aromatic N) is 4. The Bertz CT molecular complexity index is 792. The van der Waals surface area contributed by atoms with Crippen molar-refractivity contribution < 1.29 is 9.21 Å². The Balaban J connectivity index is 1.63. The van der Waals surface area contributed by atoms with E-state index in [-0.39, 0.29) is 5.91 Å². The zero-order valence-electron chi connectivity index (χ0n) is 12.5. The number of aryl methyl sites for hydroxylation is 3. The highest BCUT2D eigenvalue weighted by molar-refractivity contribution is 5.75. The second-order valence-corrected chi connectivity index (χ2v) is 5.15. The second kappa shape index (κ2) is 5.97. The van der Waals surface area contributed by atoms with Crippen molar-refractivity contribution in [3.8, 4) is 0 Å². The van der Waals surface area contributed by atoms with Crippen molar-refractivity contribution in [2.45, 2.75) is 33.2 Å². The predicted octanol–water partition coefficient (Wildman–Crippen LogP) is 1.58. The summed E-state index contributed by atoms with van der Waals surface area (Å²) < 4.78 is 7.05. The number of furan rings is 1. The number of rotatable bonds is 5. The van der Waals surface area contributed by atoms with Crippen LogP contribution < -0.4 is 5.32 Å². The van der Waals surface area contributed by atoms with Crippen LogP contribution >= 0.6 is 0 Å². The quantitative estimate of drug-likeness (QED) is 0.773. The lowest BCUT2D eigenvalue weighted by molar-refractivity contribution is -0.121. The average molecular weight is 299 g/mol. The first-order chi connectivity index (χ1) is 10.6. The molecule has 3 aromatic rings. The van der Waals surface area contributed by atoms with E-state index in [0.717, 1.165) is 17.1 Å². The number of hydrogen-bond acceptors (Lipinski definition) is 5. The highest BCUT2D eigenvalue weighted by Gasteiger charge is 2.11. The third kappa shape index (κ3) is 2.98. The van der Waals surface area contributed by atoms with Gasteiger partial charge in [-0.15, -0.1) is 10.2 Å². The fourth-order valence-electron chi connectivity index (χ4n) is 2.37. The lowest BCUT2D eigenvalue weighted by Gasteiger charge is -2.06. The molecule has 3 rings (SSSR count). The van der Waals surface area contributed by atoms with Crippen LogP contribution in [-0.2, 0) is 17.8 Å². The van der Waals surface area contributed by atoms with Crippen LogP contribution in [0, 0.1) is 13.8 Å². The highest BCUT2D eigenvalue weighted by atomic mass is 16.3. The van der Waals surface area contributed by atoms with E-state index in [1.807, 2.05) is 36.4 Å². The van der Waals surface area contributed by atoms with Gasteiger partial charge in [0, 0.05) is 24.2 Å². The first-order valence-electron chi connectivity index (χ1n) is 7.11. The van der Waals surface area contributed by atoms with Gasteiger partial charge in [0.1, 0.15) is 5.76 Å². The van der Waals surface area contributed by atoms with Crippen molar-refractivity contribution in [1.29, 1.82) is 0 Å². The van der Waals surface area contributed by atoms with Gasteiger partial charge in [0.25, 0.3) is 5.78 Å². The average Bonchev–Trinajstić information content (AvgIpc) is 3.12. The Kier molecular flexibility index (Phi) is 3.86. The molecule has 0 aliphatic rings. The topological polar surface area (TPSA) is 85.3 Å². The van der Waals surface area contributed by atoms with Gasteiger partial charge < -0.3 is 9.73 Å². The molecule has 3 aromatic heterocycles. The molecule has 7 nitrogen and oxygen atoms in total. The molecule has 0 radical (unpaired) electrons. The molecule has 0 unspecified atom stereocenters. The number of carbonyl (C=O) groups excluding carboxylic acids is 1. The minimum absolute atomic E-state index is 0.0501. The summed E-state index contributed by atoms with van der Waals surface area (Å²) in [7, 11) is 0. The van der Waals surface area contributed by atoms with Crippen molar-refractivity contribution in [1.82, 2.24) is 24.9 Å². The Morgan fingerprint density at radius 1 is 1.36 bits per heavy atom. The van der Waals surface area contributed by atoms with Crippen LogP contribution in [-0.4, -0.2) is 25.5 Å². The number of aromatic nitrogens is 4. The molecule has 3 heterocycles. The van der Waals surface area contributed by atoms with Crippen LogP contribution in [0.3, 0.4) is 0 Å². The molecule has 0 aliphatic carbocycles.